The number of aromatic nitrogens is 2. The third-order valence-corrected chi connectivity index (χ3v) is 6.59. The lowest BCUT2D eigenvalue weighted by Gasteiger charge is -2.25. The normalized spacial score (nSPS) is 11.5. The highest BCUT2D eigenvalue weighted by Crippen LogP contribution is 2.31. The van der Waals surface area contributed by atoms with Crippen molar-refractivity contribution < 1.29 is 14.3 Å². The fraction of sp³-hybridized carbons (Fsp3) is 0.318. The van der Waals surface area contributed by atoms with Crippen molar-refractivity contribution in [2.24, 2.45) is 0 Å². The van der Waals surface area contributed by atoms with E-state index in [9.17, 15) is 4.79 Å². The summed E-state index contributed by atoms with van der Waals surface area (Å²) >= 11 is 5.98. The second-order valence-electron chi connectivity index (χ2n) is 8.18. The number of benzene rings is 1. The van der Waals surface area contributed by atoms with Crippen molar-refractivity contribution in [3.63, 3.8) is 0 Å². The quantitative estimate of drug-likeness (QED) is 0.150. The molecule has 0 N–H and O–H groups in total. The van der Waals surface area contributed by atoms with Gasteiger partial charge < -0.3 is 14.4 Å². The van der Waals surface area contributed by atoms with E-state index in [2.05, 4.69) is 29.6 Å². The Balaban J connectivity index is 1.96. The van der Waals surface area contributed by atoms with Gasteiger partial charge in [-0.05, 0) is 47.8 Å². The van der Waals surface area contributed by atoms with E-state index in [4.69, 9.17) is 21.1 Å². The van der Waals surface area contributed by atoms with Crippen LogP contribution in [0, 0.1) is 0 Å². The highest BCUT2D eigenvalue weighted by molar-refractivity contribution is 6.76. The minimum Gasteiger partial charge on any atom is -0.465 e. The summed E-state index contributed by atoms with van der Waals surface area (Å²) in [5.74, 6) is 0.352. The molecule has 0 bridgehead atoms. The second kappa shape index (κ2) is 9.55. The van der Waals surface area contributed by atoms with Crippen molar-refractivity contribution >= 4 is 47.9 Å². The minimum absolute atomic E-state index is 0.332. The number of pyridine rings is 2. The van der Waals surface area contributed by atoms with E-state index < -0.39 is 8.07 Å². The fourth-order valence-electron chi connectivity index (χ4n) is 2.94. The average Bonchev–Trinajstić information content (AvgIpc) is 2.72. The molecule has 0 radical (unpaired) electrons. The maximum Gasteiger partial charge on any atom is 0.337 e. The van der Waals surface area contributed by atoms with Crippen molar-refractivity contribution in [2.45, 2.75) is 25.7 Å². The number of hydrogen-bond acceptors (Lipinski definition) is 6. The van der Waals surface area contributed by atoms with Crippen LogP contribution in [-0.4, -0.2) is 44.5 Å². The summed E-state index contributed by atoms with van der Waals surface area (Å²) in [6.07, 6.45) is 3.42. The molecule has 0 amide bonds. The molecule has 0 aliphatic heterocycles. The molecule has 30 heavy (non-hydrogen) atoms. The molecule has 0 atom stereocenters. The SMILES string of the molecule is COC(=O)c1ccc2c(N(COCC[Si](C)(C)C)c3ccc(Cl)nc3)nccc2c1. The number of nitrogens with zero attached hydrogens (tertiary/aromatic N) is 3. The summed E-state index contributed by atoms with van der Waals surface area (Å²) in [6, 6.07) is 12.0. The van der Waals surface area contributed by atoms with Gasteiger partial charge in [0.05, 0.1) is 24.6 Å². The highest BCUT2D eigenvalue weighted by atomic mass is 35.5. The third kappa shape index (κ3) is 5.56. The summed E-state index contributed by atoms with van der Waals surface area (Å²) in [6.45, 7) is 7.98. The van der Waals surface area contributed by atoms with Crippen molar-refractivity contribution in [3.8, 4) is 0 Å². The molecule has 3 rings (SSSR count). The zero-order valence-electron chi connectivity index (χ0n) is 17.7. The van der Waals surface area contributed by atoms with Gasteiger partial charge in [0.1, 0.15) is 17.7 Å². The molecule has 158 valence electrons. The van der Waals surface area contributed by atoms with Crippen LogP contribution in [0.1, 0.15) is 10.4 Å². The lowest BCUT2D eigenvalue weighted by Crippen LogP contribution is -2.26. The molecule has 2 heterocycles. The largest absolute Gasteiger partial charge is 0.465 e. The zero-order valence-corrected chi connectivity index (χ0v) is 19.4. The molecule has 8 heteroatoms. The molecule has 1 aromatic carbocycles. The standard InChI is InChI=1S/C22H26ClN3O3Si/c1-28-22(27)17-5-7-19-16(13-17)9-10-24-21(19)26(15-29-11-12-30(2,3)4)18-6-8-20(23)25-14-18/h5-10,13-14H,11-12,15H2,1-4H3. The van der Waals surface area contributed by atoms with E-state index >= 15 is 0 Å². The molecule has 0 aliphatic rings. The van der Waals surface area contributed by atoms with Crippen molar-refractivity contribution in [3.05, 3.63) is 59.5 Å². The first-order valence-corrected chi connectivity index (χ1v) is 13.8. The average molecular weight is 444 g/mol. The van der Waals surface area contributed by atoms with Gasteiger partial charge >= 0.3 is 5.97 Å². The highest BCUT2D eigenvalue weighted by Gasteiger charge is 2.18. The van der Waals surface area contributed by atoms with Gasteiger partial charge in [-0.3, -0.25) is 0 Å². The number of esters is 1. The number of carbonyl (C=O) groups excluding carboxylic acids is 1. The number of methoxy groups -OCH3 is 1. The van der Waals surface area contributed by atoms with Gasteiger partial charge in [-0.1, -0.05) is 31.2 Å². The van der Waals surface area contributed by atoms with Crippen molar-refractivity contribution in [1.29, 1.82) is 0 Å². The van der Waals surface area contributed by atoms with Crippen molar-refractivity contribution in [2.75, 3.05) is 25.3 Å². The molecule has 3 aromatic rings. The minimum atomic E-state index is -1.19. The molecular formula is C22H26ClN3O3Si. The first kappa shape index (κ1) is 22.2. The first-order valence-electron chi connectivity index (χ1n) is 9.72. The Kier molecular flexibility index (Phi) is 7.07. The number of rotatable bonds is 8. The number of fused-ring (bicyclic) bond motifs is 1. The number of hydrogen-bond donors (Lipinski definition) is 0. The Hall–Kier alpha value is -2.48. The van der Waals surface area contributed by atoms with Gasteiger partial charge in [-0.25, -0.2) is 14.8 Å². The molecule has 0 spiro atoms. The van der Waals surface area contributed by atoms with E-state index in [-0.39, 0.29) is 5.97 Å². The van der Waals surface area contributed by atoms with Crippen LogP contribution in [0.25, 0.3) is 10.8 Å². The van der Waals surface area contributed by atoms with Gasteiger partial charge in [0, 0.05) is 26.3 Å². The van der Waals surface area contributed by atoms with Crippen LogP contribution in [0.4, 0.5) is 11.5 Å². The summed E-state index contributed by atoms with van der Waals surface area (Å²) < 4.78 is 10.9. The Labute approximate surface area is 182 Å². The number of anilines is 2. The summed E-state index contributed by atoms with van der Waals surface area (Å²) in [5, 5.41) is 2.21. The van der Waals surface area contributed by atoms with E-state index in [1.807, 2.05) is 23.1 Å². The zero-order chi connectivity index (χ0) is 21.7. The molecule has 0 saturated heterocycles. The molecule has 0 unspecified atom stereocenters. The maximum absolute atomic E-state index is 11.9. The number of halogens is 1. The van der Waals surface area contributed by atoms with Crippen LogP contribution in [0.2, 0.25) is 30.8 Å². The van der Waals surface area contributed by atoms with Crippen LogP contribution < -0.4 is 4.90 Å². The van der Waals surface area contributed by atoms with Crippen molar-refractivity contribution in [1.82, 2.24) is 9.97 Å². The van der Waals surface area contributed by atoms with E-state index in [0.717, 1.165) is 28.3 Å². The van der Waals surface area contributed by atoms with Crippen LogP contribution in [-0.2, 0) is 9.47 Å². The Bertz CT molecular complexity index is 1020. The van der Waals surface area contributed by atoms with Crippen LogP contribution in [0.15, 0.2) is 48.8 Å². The van der Waals surface area contributed by atoms with Gasteiger partial charge in [0.2, 0.25) is 0 Å². The lowest BCUT2D eigenvalue weighted by atomic mass is 10.1. The topological polar surface area (TPSA) is 64.5 Å². The van der Waals surface area contributed by atoms with E-state index in [0.29, 0.717) is 24.1 Å². The molecular weight excluding hydrogens is 418 g/mol. The van der Waals surface area contributed by atoms with Gasteiger partial charge in [-0.15, -0.1) is 0 Å². The molecule has 6 nitrogen and oxygen atoms in total. The van der Waals surface area contributed by atoms with E-state index in [1.54, 1.807) is 30.6 Å². The third-order valence-electron chi connectivity index (χ3n) is 4.66. The smallest absolute Gasteiger partial charge is 0.337 e. The van der Waals surface area contributed by atoms with Gasteiger partial charge in [0.15, 0.2) is 0 Å². The van der Waals surface area contributed by atoms with Gasteiger partial charge in [0.25, 0.3) is 0 Å². The Morgan fingerprint density at radius 1 is 1.13 bits per heavy atom. The molecule has 0 aliphatic carbocycles. The maximum atomic E-state index is 11.9. The van der Waals surface area contributed by atoms with Gasteiger partial charge in [-0.2, -0.15) is 0 Å². The summed E-state index contributed by atoms with van der Waals surface area (Å²) in [5.41, 5.74) is 1.32. The second-order valence-corrected chi connectivity index (χ2v) is 14.2. The monoisotopic (exact) mass is 443 g/mol. The van der Waals surface area contributed by atoms with E-state index in [1.165, 1.54) is 7.11 Å². The van der Waals surface area contributed by atoms with Crippen LogP contribution in [0.3, 0.4) is 0 Å². The summed E-state index contributed by atoms with van der Waals surface area (Å²) in [4.78, 5) is 22.7. The fourth-order valence-corrected chi connectivity index (χ4v) is 3.81. The number of carbonyl (C=O) groups is 1. The predicted octanol–water partition coefficient (Wildman–Crippen LogP) is 5.52. The number of ether oxygens (including phenoxy) is 2. The lowest BCUT2D eigenvalue weighted by molar-refractivity contribution is 0.0601. The Morgan fingerprint density at radius 3 is 2.60 bits per heavy atom. The van der Waals surface area contributed by atoms with Crippen LogP contribution in [0.5, 0.6) is 0 Å². The molecule has 2 aromatic heterocycles. The predicted molar refractivity (Wildman–Crippen MR) is 123 cm³/mol. The Morgan fingerprint density at radius 2 is 1.93 bits per heavy atom. The summed E-state index contributed by atoms with van der Waals surface area (Å²) in [7, 11) is 0.180. The molecule has 0 saturated carbocycles. The molecule has 0 fully saturated rings. The van der Waals surface area contributed by atoms with Crippen LogP contribution >= 0.6 is 11.6 Å². The first-order chi connectivity index (χ1) is 14.3.